The zero-order chi connectivity index (χ0) is 19.2. The summed E-state index contributed by atoms with van der Waals surface area (Å²) in [4.78, 5) is 25.7. The number of sulfone groups is 1. The van der Waals surface area contributed by atoms with Gasteiger partial charge < -0.3 is 14.6 Å². The third kappa shape index (κ3) is 4.95. The summed E-state index contributed by atoms with van der Waals surface area (Å²) in [6, 6.07) is 10.9. The molecule has 0 aliphatic carbocycles. The number of nitrogens with zero attached hydrogens (tertiary/aromatic N) is 1. The molecule has 1 aromatic heterocycles. The van der Waals surface area contributed by atoms with Crippen molar-refractivity contribution in [2.24, 2.45) is 0 Å². The number of rotatable bonds is 8. The largest absolute Gasteiger partial charge is 0.455 e. The van der Waals surface area contributed by atoms with Crippen LogP contribution in [0, 0.1) is 0 Å². The number of amides is 2. The highest BCUT2D eigenvalue weighted by molar-refractivity contribution is 7.90. The zero-order valence-electron chi connectivity index (χ0n) is 14.8. The fraction of sp³-hybridized carbons (Fsp3) is 0.333. The average Bonchev–Trinajstić information content (AvgIpc) is 3.09. The first-order chi connectivity index (χ1) is 12.4. The Morgan fingerprint density at radius 2 is 1.69 bits per heavy atom. The van der Waals surface area contributed by atoms with Crippen LogP contribution in [0.1, 0.15) is 30.2 Å². The maximum absolute atomic E-state index is 12.3. The number of hydrogen-bond donors (Lipinski definition) is 1. The van der Waals surface area contributed by atoms with Gasteiger partial charge in [0.2, 0.25) is 5.91 Å². The second kappa shape index (κ2) is 8.66. The predicted molar refractivity (Wildman–Crippen MR) is 96.3 cm³/mol. The highest BCUT2D eigenvalue weighted by Crippen LogP contribution is 2.18. The number of furan rings is 1. The van der Waals surface area contributed by atoms with Crippen molar-refractivity contribution >= 4 is 21.7 Å². The van der Waals surface area contributed by atoms with Gasteiger partial charge in [0.05, 0.1) is 11.4 Å². The number of carbonyl (C=O) groups excluding carboxylic acids is 2. The average molecular weight is 378 g/mol. The molecular weight excluding hydrogens is 356 g/mol. The first kappa shape index (κ1) is 19.7. The van der Waals surface area contributed by atoms with E-state index in [1.165, 1.54) is 24.3 Å². The van der Waals surface area contributed by atoms with Gasteiger partial charge in [0.1, 0.15) is 11.5 Å². The van der Waals surface area contributed by atoms with E-state index in [1.54, 1.807) is 23.1 Å². The number of likely N-dealkylation sites (N-methyl/N-ethyl adjacent to an activating group) is 1. The normalized spacial score (nSPS) is 11.2. The van der Waals surface area contributed by atoms with Crippen molar-refractivity contribution in [1.29, 1.82) is 0 Å². The number of benzene rings is 1. The van der Waals surface area contributed by atoms with E-state index in [2.05, 4.69) is 5.32 Å². The smallest absolute Gasteiger partial charge is 0.287 e. The second-order valence-corrected chi connectivity index (χ2v) is 7.58. The van der Waals surface area contributed by atoms with Crippen LogP contribution in [0.2, 0.25) is 0 Å². The van der Waals surface area contributed by atoms with Crippen molar-refractivity contribution in [3.8, 4) is 0 Å². The van der Waals surface area contributed by atoms with Crippen LogP contribution >= 0.6 is 0 Å². The van der Waals surface area contributed by atoms with Crippen LogP contribution in [0.15, 0.2) is 51.8 Å². The van der Waals surface area contributed by atoms with Gasteiger partial charge in [-0.15, -0.1) is 0 Å². The fourth-order valence-corrected chi connectivity index (χ4v) is 3.68. The third-order valence-corrected chi connectivity index (χ3v) is 5.49. The van der Waals surface area contributed by atoms with Gasteiger partial charge in [-0.2, -0.15) is 0 Å². The maximum Gasteiger partial charge on any atom is 0.287 e. The van der Waals surface area contributed by atoms with Crippen molar-refractivity contribution < 1.29 is 22.4 Å². The number of nitrogens with one attached hydrogen (secondary N) is 1. The third-order valence-electron chi connectivity index (χ3n) is 3.84. The van der Waals surface area contributed by atoms with E-state index < -0.39 is 15.7 Å². The molecule has 0 saturated heterocycles. The Hall–Kier alpha value is -2.61. The lowest BCUT2D eigenvalue weighted by molar-refractivity contribution is -0.129. The second-order valence-electron chi connectivity index (χ2n) is 5.59. The van der Waals surface area contributed by atoms with Crippen molar-refractivity contribution in [2.45, 2.75) is 24.5 Å². The molecule has 0 spiro atoms. The van der Waals surface area contributed by atoms with Crippen molar-refractivity contribution in [3.63, 3.8) is 0 Å². The molecule has 0 bridgehead atoms. The molecule has 0 radical (unpaired) electrons. The number of hydrogen-bond acceptors (Lipinski definition) is 5. The molecule has 8 heteroatoms. The Labute approximate surface area is 152 Å². The summed E-state index contributed by atoms with van der Waals surface area (Å²) in [5.74, 6) is -0.969. The minimum Gasteiger partial charge on any atom is -0.455 e. The number of carbonyl (C=O) groups is 2. The quantitative estimate of drug-likeness (QED) is 0.756. The fourth-order valence-electron chi connectivity index (χ4n) is 2.41. The molecule has 26 heavy (non-hydrogen) atoms. The summed E-state index contributed by atoms with van der Waals surface area (Å²) in [7, 11) is -3.56. The van der Waals surface area contributed by atoms with Crippen molar-refractivity contribution in [1.82, 2.24) is 10.2 Å². The Morgan fingerprint density at radius 3 is 2.31 bits per heavy atom. The van der Waals surface area contributed by atoms with E-state index in [0.717, 1.165) is 0 Å². The molecular formula is C18H22N2O5S. The molecule has 1 heterocycles. The van der Waals surface area contributed by atoms with Crippen LogP contribution in [0.5, 0.6) is 0 Å². The van der Waals surface area contributed by atoms with Gasteiger partial charge in [-0.1, -0.05) is 18.2 Å². The zero-order valence-corrected chi connectivity index (χ0v) is 15.6. The van der Waals surface area contributed by atoms with Gasteiger partial charge in [0.15, 0.2) is 15.6 Å². The summed E-state index contributed by atoms with van der Waals surface area (Å²) in [5.41, 5.74) is 0. The lowest BCUT2D eigenvalue weighted by atomic mass is 10.4. The highest BCUT2D eigenvalue weighted by atomic mass is 32.2. The summed E-state index contributed by atoms with van der Waals surface area (Å²) in [5, 5.41) is 2.48. The Kier molecular flexibility index (Phi) is 6.57. The molecule has 0 fully saturated rings. The van der Waals surface area contributed by atoms with Gasteiger partial charge in [-0.05, 0) is 38.1 Å². The van der Waals surface area contributed by atoms with E-state index in [0.29, 0.717) is 13.1 Å². The van der Waals surface area contributed by atoms with Crippen LogP contribution in [0.4, 0.5) is 0 Å². The van der Waals surface area contributed by atoms with E-state index in [9.17, 15) is 18.0 Å². The van der Waals surface area contributed by atoms with Crippen LogP contribution in [0.3, 0.4) is 0 Å². The minimum absolute atomic E-state index is 0.0318. The first-order valence-electron chi connectivity index (χ1n) is 8.29. The molecule has 2 amide bonds. The van der Waals surface area contributed by atoms with Gasteiger partial charge in [-0.3, -0.25) is 9.59 Å². The SMILES string of the molecule is CCN(CC)C(=O)CNC(=O)c1ccc(CS(=O)(=O)c2ccccc2)o1. The Morgan fingerprint density at radius 1 is 1.04 bits per heavy atom. The molecule has 2 rings (SSSR count). The first-order valence-corrected chi connectivity index (χ1v) is 9.95. The van der Waals surface area contributed by atoms with Gasteiger partial charge in [0.25, 0.3) is 5.91 Å². The van der Waals surface area contributed by atoms with E-state index in [-0.39, 0.29) is 34.6 Å². The van der Waals surface area contributed by atoms with Crippen LogP contribution in [0.25, 0.3) is 0 Å². The molecule has 140 valence electrons. The molecule has 0 atom stereocenters. The topological polar surface area (TPSA) is 96.7 Å². The van der Waals surface area contributed by atoms with E-state index >= 15 is 0 Å². The summed E-state index contributed by atoms with van der Waals surface area (Å²) < 4.78 is 30.0. The minimum atomic E-state index is -3.56. The molecule has 0 aliphatic heterocycles. The molecule has 1 aromatic carbocycles. The molecule has 0 saturated carbocycles. The van der Waals surface area contributed by atoms with E-state index in [4.69, 9.17) is 4.42 Å². The molecule has 7 nitrogen and oxygen atoms in total. The maximum atomic E-state index is 12.3. The Bertz CT molecular complexity index is 855. The Balaban J connectivity index is 1.99. The molecule has 0 aliphatic rings. The lowest BCUT2D eigenvalue weighted by Crippen LogP contribution is -2.39. The summed E-state index contributed by atoms with van der Waals surface area (Å²) in [6.45, 7) is 4.70. The van der Waals surface area contributed by atoms with Gasteiger partial charge >= 0.3 is 0 Å². The van der Waals surface area contributed by atoms with Crippen LogP contribution in [-0.2, 0) is 20.4 Å². The summed E-state index contributed by atoms with van der Waals surface area (Å²) >= 11 is 0. The molecule has 2 aromatic rings. The molecule has 1 N–H and O–H groups in total. The van der Waals surface area contributed by atoms with Crippen molar-refractivity contribution in [2.75, 3.05) is 19.6 Å². The lowest BCUT2D eigenvalue weighted by Gasteiger charge is -2.18. The van der Waals surface area contributed by atoms with Crippen molar-refractivity contribution in [3.05, 3.63) is 54.0 Å². The van der Waals surface area contributed by atoms with Crippen LogP contribution in [-0.4, -0.2) is 44.8 Å². The molecule has 0 unspecified atom stereocenters. The highest BCUT2D eigenvalue weighted by Gasteiger charge is 2.19. The van der Waals surface area contributed by atoms with E-state index in [1.807, 2.05) is 13.8 Å². The van der Waals surface area contributed by atoms with Gasteiger partial charge in [-0.25, -0.2) is 8.42 Å². The summed E-state index contributed by atoms with van der Waals surface area (Å²) in [6.07, 6.45) is 0. The predicted octanol–water partition coefficient (Wildman–Crippen LogP) is 1.85. The monoisotopic (exact) mass is 378 g/mol. The standard InChI is InChI=1S/C18H22N2O5S/c1-3-20(4-2)17(21)12-19-18(22)16-11-10-14(25-16)13-26(23,24)15-8-6-5-7-9-15/h5-11H,3-4,12-13H2,1-2H3,(H,19,22). The van der Waals surface area contributed by atoms with Gasteiger partial charge in [0, 0.05) is 13.1 Å². The van der Waals surface area contributed by atoms with Crippen LogP contribution < -0.4 is 5.32 Å².